The fourth-order valence-corrected chi connectivity index (χ4v) is 2.86. The number of carbonyl (C=O) groups is 1. The van der Waals surface area contributed by atoms with Gasteiger partial charge in [-0.25, -0.2) is 13.6 Å². The summed E-state index contributed by atoms with van der Waals surface area (Å²) in [5, 5.41) is 10.3. The van der Waals surface area contributed by atoms with Gasteiger partial charge >= 0.3 is 6.18 Å². The number of amides is 1. The number of primary sulfonamides is 1. The van der Waals surface area contributed by atoms with Gasteiger partial charge in [0, 0.05) is 11.7 Å². The van der Waals surface area contributed by atoms with Gasteiger partial charge in [-0.1, -0.05) is 18.2 Å². The summed E-state index contributed by atoms with van der Waals surface area (Å²) in [6.07, 6.45) is -4.44. The van der Waals surface area contributed by atoms with E-state index in [4.69, 9.17) is 5.14 Å². The van der Waals surface area contributed by atoms with Gasteiger partial charge < -0.3 is 10.6 Å². The van der Waals surface area contributed by atoms with Gasteiger partial charge in [-0.05, 0) is 42.8 Å². The van der Waals surface area contributed by atoms with Crippen LogP contribution in [0.15, 0.2) is 53.4 Å². The van der Waals surface area contributed by atoms with Crippen molar-refractivity contribution < 1.29 is 26.4 Å². The van der Waals surface area contributed by atoms with Gasteiger partial charge in [0.05, 0.1) is 17.0 Å². The Morgan fingerprint density at radius 2 is 1.81 bits per heavy atom. The molecule has 0 saturated carbocycles. The Hall–Kier alpha value is -2.43. The molecule has 0 spiro atoms. The molecule has 1 atom stereocenters. The van der Waals surface area contributed by atoms with Gasteiger partial charge in [-0.15, -0.1) is 0 Å². The lowest BCUT2D eigenvalue weighted by molar-refractivity contribution is -0.137. The molecule has 0 aliphatic heterocycles. The molecule has 0 fully saturated rings. The van der Waals surface area contributed by atoms with Crippen LogP contribution in [0.3, 0.4) is 0 Å². The van der Waals surface area contributed by atoms with Crippen LogP contribution in [-0.4, -0.2) is 20.9 Å². The van der Waals surface area contributed by atoms with Crippen molar-refractivity contribution in [3.63, 3.8) is 0 Å². The fourth-order valence-electron chi connectivity index (χ4n) is 2.30. The van der Waals surface area contributed by atoms with E-state index in [1.165, 1.54) is 36.4 Å². The second-order valence-electron chi connectivity index (χ2n) is 5.85. The van der Waals surface area contributed by atoms with Crippen LogP contribution in [0.1, 0.15) is 24.1 Å². The van der Waals surface area contributed by atoms with E-state index in [-0.39, 0.29) is 17.1 Å². The summed E-state index contributed by atoms with van der Waals surface area (Å²) < 4.78 is 60.9. The summed E-state index contributed by atoms with van der Waals surface area (Å²) in [6, 6.07) is 9.73. The molecule has 6 nitrogen and oxygen atoms in total. The van der Waals surface area contributed by atoms with E-state index in [9.17, 15) is 26.4 Å². The van der Waals surface area contributed by atoms with Crippen molar-refractivity contribution in [1.29, 1.82) is 0 Å². The van der Waals surface area contributed by atoms with Gasteiger partial charge in [0.1, 0.15) is 0 Å². The summed E-state index contributed by atoms with van der Waals surface area (Å²) in [5.74, 6) is -0.486. The Morgan fingerprint density at radius 3 is 2.44 bits per heavy atom. The van der Waals surface area contributed by atoms with Crippen LogP contribution >= 0.6 is 0 Å². The van der Waals surface area contributed by atoms with Crippen LogP contribution in [0.2, 0.25) is 0 Å². The summed E-state index contributed by atoms with van der Waals surface area (Å²) in [5.41, 5.74) is -0.146. The van der Waals surface area contributed by atoms with Crippen LogP contribution in [-0.2, 0) is 21.0 Å². The van der Waals surface area contributed by atoms with Crippen molar-refractivity contribution in [3.8, 4) is 0 Å². The van der Waals surface area contributed by atoms with Crippen molar-refractivity contribution in [2.24, 2.45) is 5.14 Å². The smallest absolute Gasteiger partial charge is 0.325 e. The molecule has 2 aromatic carbocycles. The molecule has 0 unspecified atom stereocenters. The predicted molar refractivity (Wildman–Crippen MR) is 94.3 cm³/mol. The Morgan fingerprint density at radius 1 is 1.15 bits per heavy atom. The highest BCUT2D eigenvalue weighted by atomic mass is 32.2. The quantitative estimate of drug-likeness (QED) is 0.693. The number of halogens is 3. The molecule has 0 saturated heterocycles. The fraction of sp³-hybridized carbons (Fsp3) is 0.235. The highest BCUT2D eigenvalue weighted by Crippen LogP contribution is 2.30. The summed E-state index contributed by atoms with van der Waals surface area (Å²) in [7, 11) is -3.90. The highest BCUT2D eigenvalue weighted by molar-refractivity contribution is 7.89. The van der Waals surface area contributed by atoms with Gasteiger partial charge in [0.15, 0.2) is 0 Å². The molecule has 1 amide bonds. The van der Waals surface area contributed by atoms with E-state index in [0.29, 0.717) is 5.56 Å². The molecule has 0 bridgehead atoms. The van der Waals surface area contributed by atoms with Crippen LogP contribution in [0.4, 0.5) is 18.9 Å². The van der Waals surface area contributed by atoms with E-state index >= 15 is 0 Å². The highest BCUT2D eigenvalue weighted by Gasteiger charge is 2.30. The van der Waals surface area contributed by atoms with Crippen LogP contribution in [0, 0.1) is 0 Å². The van der Waals surface area contributed by atoms with Gasteiger partial charge in [0.2, 0.25) is 15.9 Å². The SMILES string of the molecule is C[C@@H](NCC(=O)Nc1cccc(S(N)(=O)=O)c1)c1cccc(C(F)(F)F)c1. The molecule has 146 valence electrons. The lowest BCUT2D eigenvalue weighted by Crippen LogP contribution is -2.30. The minimum atomic E-state index is -4.44. The maximum absolute atomic E-state index is 12.8. The standard InChI is InChI=1S/C17H18F3N3O3S/c1-11(12-4-2-5-13(8-12)17(18,19)20)22-10-16(24)23-14-6-3-7-15(9-14)27(21,25)26/h2-9,11,22H,10H2,1H3,(H,23,24)(H2,21,25,26)/t11-/m1/s1. The van der Waals surface area contributed by atoms with E-state index < -0.39 is 33.7 Å². The largest absolute Gasteiger partial charge is 0.416 e. The molecule has 0 radical (unpaired) electrons. The van der Waals surface area contributed by atoms with Gasteiger partial charge in [-0.2, -0.15) is 13.2 Å². The molecule has 0 heterocycles. The molecule has 0 aromatic heterocycles. The first kappa shape index (κ1) is 20.9. The topological polar surface area (TPSA) is 101 Å². The Labute approximate surface area is 154 Å². The molecule has 0 aliphatic carbocycles. The van der Waals surface area contributed by atoms with Crippen molar-refractivity contribution in [2.75, 3.05) is 11.9 Å². The third kappa shape index (κ3) is 6.05. The third-order valence-corrected chi connectivity index (χ3v) is 4.64. The molecule has 0 aliphatic rings. The Balaban J connectivity index is 1.98. The van der Waals surface area contributed by atoms with Crippen molar-refractivity contribution >= 4 is 21.6 Å². The molecule has 2 rings (SSSR count). The van der Waals surface area contributed by atoms with Crippen molar-refractivity contribution in [3.05, 3.63) is 59.7 Å². The van der Waals surface area contributed by atoms with Crippen LogP contribution in [0.5, 0.6) is 0 Å². The van der Waals surface area contributed by atoms with E-state index in [2.05, 4.69) is 10.6 Å². The first-order valence-corrected chi connectivity index (χ1v) is 9.35. The van der Waals surface area contributed by atoms with Crippen LogP contribution in [0.25, 0.3) is 0 Å². The molecular weight excluding hydrogens is 383 g/mol. The normalized spacial score (nSPS) is 13.2. The number of sulfonamides is 1. The summed E-state index contributed by atoms with van der Waals surface area (Å²) in [6.45, 7) is 1.45. The van der Waals surface area contributed by atoms with Gasteiger partial charge in [0.25, 0.3) is 0 Å². The lowest BCUT2D eigenvalue weighted by Gasteiger charge is -2.16. The Kier molecular flexibility index (Phi) is 6.24. The number of nitrogens with two attached hydrogens (primary N) is 1. The zero-order valence-corrected chi connectivity index (χ0v) is 15.1. The number of alkyl halides is 3. The van der Waals surface area contributed by atoms with Crippen LogP contribution < -0.4 is 15.8 Å². The van der Waals surface area contributed by atoms with E-state index in [1.54, 1.807) is 6.92 Å². The zero-order valence-electron chi connectivity index (χ0n) is 14.2. The minimum Gasteiger partial charge on any atom is -0.325 e. The van der Waals surface area contributed by atoms with E-state index in [1.807, 2.05) is 0 Å². The molecule has 4 N–H and O–H groups in total. The van der Waals surface area contributed by atoms with Crippen molar-refractivity contribution in [1.82, 2.24) is 5.32 Å². The summed E-state index contributed by atoms with van der Waals surface area (Å²) in [4.78, 5) is 11.9. The second-order valence-corrected chi connectivity index (χ2v) is 7.41. The predicted octanol–water partition coefficient (Wildman–Crippen LogP) is 2.64. The average molecular weight is 401 g/mol. The lowest BCUT2D eigenvalue weighted by atomic mass is 10.0. The third-order valence-electron chi connectivity index (χ3n) is 3.73. The van der Waals surface area contributed by atoms with Gasteiger partial charge in [-0.3, -0.25) is 4.79 Å². The summed E-state index contributed by atoms with van der Waals surface area (Å²) >= 11 is 0. The first-order valence-electron chi connectivity index (χ1n) is 7.80. The maximum Gasteiger partial charge on any atom is 0.416 e. The number of hydrogen-bond donors (Lipinski definition) is 3. The number of anilines is 1. The molecule has 27 heavy (non-hydrogen) atoms. The van der Waals surface area contributed by atoms with Crippen molar-refractivity contribution in [2.45, 2.75) is 24.0 Å². The number of hydrogen-bond acceptors (Lipinski definition) is 4. The first-order chi connectivity index (χ1) is 12.5. The molecule has 10 heteroatoms. The number of carbonyl (C=O) groups excluding carboxylic acids is 1. The average Bonchev–Trinajstić information content (AvgIpc) is 2.58. The maximum atomic E-state index is 12.8. The van der Waals surface area contributed by atoms with E-state index in [0.717, 1.165) is 12.1 Å². The monoisotopic (exact) mass is 401 g/mol. The number of rotatable bonds is 6. The molecule has 2 aromatic rings. The minimum absolute atomic E-state index is 0.148. The second kappa shape index (κ2) is 8.07. The number of benzene rings is 2. The Bertz CT molecular complexity index is 930. The molecular formula is C17H18F3N3O3S. The zero-order chi connectivity index (χ0) is 20.2. The number of nitrogens with one attached hydrogen (secondary N) is 2.